The number of aromatic nitrogens is 3. The molecule has 0 aliphatic rings. The molecule has 1 N–H and O–H groups in total. The Hall–Kier alpha value is -1.33. The first-order valence-electron chi connectivity index (χ1n) is 4.57. The fraction of sp³-hybridized carbons (Fsp3) is 0.100. The van der Waals surface area contributed by atoms with Crippen molar-refractivity contribution in [3.05, 3.63) is 35.7 Å². The molecule has 0 fully saturated rings. The molecule has 0 aromatic carbocycles. The van der Waals surface area contributed by atoms with E-state index in [1.54, 1.807) is 12.3 Å². The first kappa shape index (κ1) is 11.2. The van der Waals surface area contributed by atoms with Crippen molar-refractivity contribution in [2.45, 2.75) is 10.1 Å². The molecular formula is C10H9ClN4S. The molecule has 2 aromatic rings. The van der Waals surface area contributed by atoms with Crippen molar-refractivity contribution in [3.8, 4) is 0 Å². The Kier molecular flexibility index (Phi) is 3.58. The predicted molar refractivity (Wildman–Crippen MR) is 64.9 cm³/mol. The van der Waals surface area contributed by atoms with E-state index in [0.717, 1.165) is 15.9 Å². The van der Waals surface area contributed by atoms with Crippen molar-refractivity contribution in [1.29, 1.82) is 0 Å². The maximum atomic E-state index is 5.75. The van der Waals surface area contributed by atoms with Gasteiger partial charge in [0.15, 0.2) is 0 Å². The molecule has 0 aliphatic carbocycles. The van der Waals surface area contributed by atoms with E-state index in [-0.39, 0.29) is 0 Å². The van der Waals surface area contributed by atoms with Gasteiger partial charge in [-0.05, 0) is 23.9 Å². The summed E-state index contributed by atoms with van der Waals surface area (Å²) in [5.74, 6) is 0.784. The topological polar surface area (TPSA) is 50.7 Å². The van der Waals surface area contributed by atoms with Crippen LogP contribution < -0.4 is 5.32 Å². The molecule has 2 heterocycles. The fourth-order valence-electron chi connectivity index (χ4n) is 1.06. The van der Waals surface area contributed by atoms with E-state index in [0.29, 0.717) is 5.02 Å². The Balaban J connectivity index is 2.16. The van der Waals surface area contributed by atoms with Crippen molar-refractivity contribution < 1.29 is 0 Å². The number of anilines is 1. The molecule has 0 saturated carbocycles. The highest BCUT2D eigenvalue weighted by Crippen LogP contribution is 2.25. The molecule has 0 atom stereocenters. The molecule has 6 heteroatoms. The zero-order valence-corrected chi connectivity index (χ0v) is 10.1. The molecule has 0 unspecified atom stereocenters. The van der Waals surface area contributed by atoms with Crippen molar-refractivity contribution in [2.75, 3.05) is 12.4 Å². The number of pyridine rings is 1. The molecule has 4 nitrogen and oxygen atoms in total. The van der Waals surface area contributed by atoms with Gasteiger partial charge in [-0.2, -0.15) is 0 Å². The van der Waals surface area contributed by atoms with E-state index in [2.05, 4.69) is 20.3 Å². The van der Waals surface area contributed by atoms with Crippen LogP contribution in [0.2, 0.25) is 5.02 Å². The van der Waals surface area contributed by atoms with Crippen LogP contribution in [0.3, 0.4) is 0 Å². The Bertz CT molecular complexity index is 475. The van der Waals surface area contributed by atoms with E-state index < -0.39 is 0 Å². The van der Waals surface area contributed by atoms with Gasteiger partial charge in [0.2, 0.25) is 0 Å². The molecule has 82 valence electrons. The maximum Gasteiger partial charge on any atom is 0.130 e. The Labute approximate surface area is 102 Å². The average molecular weight is 253 g/mol. The number of halogens is 1. The Morgan fingerprint density at radius 2 is 2.06 bits per heavy atom. The lowest BCUT2D eigenvalue weighted by Gasteiger charge is -2.02. The molecule has 16 heavy (non-hydrogen) atoms. The summed E-state index contributed by atoms with van der Waals surface area (Å²) in [5.41, 5.74) is 0. The van der Waals surface area contributed by atoms with Crippen molar-refractivity contribution in [1.82, 2.24) is 15.0 Å². The van der Waals surface area contributed by atoms with Crippen LogP contribution in [0.1, 0.15) is 0 Å². The number of nitrogens with zero attached hydrogens (tertiary/aromatic N) is 3. The number of rotatable bonds is 3. The standard InChI is InChI=1S/C10H9ClN4S/c1-12-8-4-10(15-6-14-8)16-9-3-2-7(11)5-13-9/h2-6H,1H3,(H,12,14,15). The van der Waals surface area contributed by atoms with E-state index in [1.165, 1.54) is 18.1 Å². The number of hydrogen-bond donors (Lipinski definition) is 1. The minimum atomic E-state index is 0.628. The second-order valence-corrected chi connectivity index (χ2v) is 4.39. The van der Waals surface area contributed by atoms with Crippen LogP contribution in [0.5, 0.6) is 0 Å². The lowest BCUT2D eigenvalue weighted by atomic mass is 10.5. The Morgan fingerprint density at radius 1 is 1.19 bits per heavy atom. The van der Waals surface area contributed by atoms with Gasteiger partial charge in [0.1, 0.15) is 22.2 Å². The zero-order valence-electron chi connectivity index (χ0n) is 8.51. The molecule has 0 saturated heterocycles. The minimum absolute atomic E-state index is 0.628. The largest absolute Gasteiger partial charge is 0.373 e. The van der Waals surface area contributed by atoms with Crippen LogP contribution in [0.15, 0.2) is 40.8 Å². The van der Waals surface area contributed by atoms with Crippen LogP contribution in [0.25, 0.3) is 0 Å². The highest BCUT2D eigenvalue weighted by molar-refractivity contribution is 7.99. The van der Waals surface area contributed by atoms with Crippen molar-refractivity contribution in [3.63, 3.8) is 0 Å². The molecule has 0 bridgehead atoms. The molecule has 0 amide bonds. The molecule has 2 aromatic heterocycles. The zero-order chi connectivity index (χ0) is 11.4. The predicted octanol–water partition coefficient (Wildman–Crippen LogP) is 2.72. The lowest BCUT2D eigenvalue weighted by molar-refractivity contribution is 1.04. The van der Waals surface area contributed by atoms with Crippen LogP contribution in [-0.2, 0) is 0 Å². The van der Waals surface area contributed by atoms with Gasteiger partial charge in [-0.15, -0.1) is 0 Å². The van der Waals surface area contributed by atoms with Crippen LogP contribution >= 0.6 is 23.4 Å². The lowest BCUT2D eigenvalue weighted by Crippen LogP contribution is -1.93. The van der Waals surface area contributed by atoms with Gasteiger partial charge < -0.3 is 5.32 Å². The third-order valence-corrected chi connectivity index (χ3v) is 2.91. The average Bonchev–Trinajstić information content (AvgIpc) is 2.32. The van der Waals surface area contributed by atoms with Gasteiger partial charge in [-0.1, -0.05) is 11.6 Å². The normalized spacial score (nSPS) is 10.1. The first-order valence-corrected chi connectivity index (χ1v) is 5.76. The molecule has 0 radical (unpaired) electrons. The quantitative estimate of drug-likeness (QED) is 0.852. The van der Waals surface area contributed by atoms with Gasteiger partial charge >= 0.3 is 0 Å². The fourth-order valence-corrected chi connectivity index (χ4v) is 1.90. The monoisotopic (exact) mass is 252 g/mol. The molecule has 0 aliphatic heterocycles. The number of nitrogens with one attached hydrogen (secondary N) is 1. The molecule has 2 rings (SSSR count). The van der Waals surface area contributed by atoms with E-state index in [1.807, 2.05) is 19.2 Å². The van der Waals surface area contributed by atoms with E-state index in [4.69, 9.17) is 11.6 Å². The third-order valence-electron chi connectivity index (χ3n) is 1.81. The first-order chi connectivity index (χ1) is 7.78. The summed E-state index contributed by atoms with van der Waals surface area (Å²) in [6.45, 7) is 0. The van der Waals surface area contributed by atoms with Gasteiger partial charge in [0.25, 0.3) is 0 Å². The summed E-state index contributed by atoms with van der Waals surface area (Å²) in [7, 11) is 1.82. The smallest absolute Gasteiger partial charge is 0.130 e. The van der Waals surface area contributed by atoms with Gasteiger partial charge in [0.05, 0.1) is 5.02 Å². The van der Waals surface area contributed by atoms with Crippen molar-refractivity contribution in [2.24, 2.45) is 0 Å². The van der Waals surface area contributed by atoms with Gasteiger partial charge in [0, 0.05) is 19.3 Å². The summed E-state index contributed by atoms with van der Waals surface area (Å²) < 4.78 is 0. The maximum absolute atomic E-state index is 5.75. The van der Waals surface area contributed by atoms with Crippen LogP contribution in [0.4, 0.5) is 5.82 Å². The Morgan fingerprint density at radius 3 is 2.75 bits per heavy atom. The second kappa shape index (κ2) is 5.14. The summed E-state index contributed by atoms with van der Waals surface area (Å²) in [5, 5.41) is 5.28. The summed E-state index contributed by atoms with van der Waals surface area (Å²) in [6.07, 6.45) is 3.13. The highest BCUT2D eigenvalue weighted by Gasteiger charge is 2.01. The molecule has 0 spiro atoms. The van der Waals surface area contributed by atoms with Crippen LogP contribution in [-0.4, -0.2) is 22.0 Å². The summed E-state index contributed by atoms with van der Waals surface area (Å²) in [4.78, 5) is 12.4. The molecular weight excluding hydrogens is 244 g/mol. The van der Waals surface area contributed by atoms with Gasteiger partial charge in [-0.25, -0.2) is 15.0 Å². The SMILES string of the molecule is CNc1cc(Sc2ccc(Cl)cn2)ncn1. The second-order valence-electron chi connectivity index (χ2n) is 2.91. The van der Waals surface area contributed by atoms with E-state index >= 15 is 0 Å². The minimum Gasteiger partial charge on any atom is -0.373 e. The van der Waals surface area contributed by atoms with E-state index in [9.17, 15) is 0 Å². The highest BCUT2D eigenvalue weighted by atomic mass is 35.5. The van der Waals surface area contributed by atoms with Crippen LogP contribution in [0, 0.1) is 0 Å². The summed E-state index contributed by atoms with van der Waals surface area (Å²) >= 11 is 7.22. The number of hydrogen-bond acceptors (Lipinski definition) is 5. The van der Waals surface area contributed by atoms with Gasteiger partial charge in [-0.3, -0.25) is 0 Å². The van der Waals surface area contributed by atoms with Crippen molar-refractivity contribution >= 4 is 29.2 Å². The summed E-state index contributed by atoms with van der Waals surface area (Å²) in [6, 6.07) is 5.52. The third kappa shape index (κ3) is 2.84.